The highest BCUT2D eigenvalue weighted by Crippen LogP contribution is 2.43. The Balaban J connectivity index is 2.42. The van der Waals surface area contributed by atoms with E-state index in [9.17, 15) is 4.79 Å². The van der Waals surface area contributed by atoms with E-state index in [1.165, 1.54) is 5.57 Å². The van der Waals surface area contributed by atoms with Crippen LogP contribution in [0.2, 0.25) is 0 Å². The summed E-state index contributed by atoms with van der Waals surface area (Å²) in [5.41, 5.74) is 9.90. The van der Waals surface area contributed by atoms with E-state index in [2.05, 4.69) is 26.0 Å². The van der Waals surface area contributed by atoms with Crippen LogP contribution in [-0.2, 0) is 4.79 Å². The molecule has 19 heavy (non-hydrogen) atoms. The molecule has 2 nitrogen and oxygen atoms in total. The van der Waals surface area contributed by atoms with E-state index in [4.69, 9.17) is 5.73 Å². The zero-order valence-electron chi connectivity index (χ0n) is 11.9. The predicted molar refractivity (Wildman–Crippen MR) is 80.6 cm³/mol. The highest BCUT2D eigenvalue weighted by Gasteiger charge is 2.29. The Morgan fingerprint density at radius 1 is 1.32 bits per heavy atom. The number of Topliss-reactive ketones (excluding diaryl/α,β-unsaturated/α-hetero) is 1. The highest BCUT2D eigenvalue weighted by atomic mass is 16.1. The second-order valence-electron chi connectivity index (χ2n) is 5.74. The molecule has 2 heteroatoms. The third-order valence-electron chi connectivity index (χ3n) is 3.69. The fraction of sp³-hybridized carbons (Fsp3) is 0.353. The van der Waals surface area contributed by atoms with Gasteiger partial charge in [0.2, 0.25) is 0 Å². The monoisotopic (exact) mass is 255 g/mol. The molecule has 0 spiro atoms. The van der Waals surface area contributed by atoms with Crippen molar-refractivity contribution in [3.63, 3.8) is 0 Å². The Labute approximate surface area is 115 Å². The number of benzene rings is 1. The Morgan fingerprint density at radius 2 is 2.05 bits per heavy atom. The van der Waals surface area contributed by atoms with Gasteiger partial charge in [-0.1, -0.05) is 45.1 Å². The Kier molecular flexibility index (Phi) is 3.61. The maximum Gasteiger partial charge on any atom is 0.158 e. The minimum atomic E-state index is -0.0390. The lowest BCUT2D eigenvalue weighted by Gasteiger charge is -2.32. The third-order valence-corrected chi connectivity index (χ3v) is 3.69. The van der Waals surface area contributed by atoms with Gasteiger partial charge in [0.05, 0.1) is 0 Å². The lowest BCUT2D eigenvalue weighted by molar-refractivity contribution is -0.115. The lowest BCUT2D eigenvalue weighted by Crippen LogP contribution is -2.20. The normalized spacial score (nSPS) is 17.6. The molecule has 1 aliphatic carbocycles. The van der Waals surface area contributed by atoms with Crippen molar-refractivity contribution in [2.45, 2.75) is 33.6 Å². The summed E-state index contributed by atoms with van der Waals surface area (Å²) in [6.45, 7) is 6.27. The largest absolute Gasteiger partial charge is 0.399 e. The number of nitrogen functional groups attached to an aromatic ring is 1. The fourth-order valence-electron chi connectivity index (χ4n) is 2.65. The number of allylic oxidation sites excluding steroid dienone is 4. The summed E-state index contributed by atoms with van der Waals surface area (Å²) in [5, 5.41) is 0. The Hall–Kier alpha value is -1.83. The van der Waals surface area contributed by atoms with Crippen LogP contribution < -0.4 is 5.73 Å². The quantitative estimate of drug-likeness (QED) is 0.830. The number of hydrogen-bond donors (Lipinski definition) is 1. The van der Waals surface area contributed by atoms with Crippen molar-refractivity contribution in [1.82, 2.24) is 0 Å². The molecule has 0 heterocycles. The maximum absolute atomic E-state index is 11.8. The van der Waals surface area contributed by atoms with Crippen LogP contribution in [0.4, 0.5) is 5.69 Å². The molecule has 100 valence electrons. The molecular formula is C17H21NO. The van der Waals surface area contributed by atoms with Crippen molar-refractivity contribution in [1.29, 1.82) is 0 Å². The van der Waals surface area contributed by atoms with Crippen molar-refractivity contribution in [2.75, 3.05) is 5.73 Å². The lowest BCUT2D eigenvalue weighted by atomic mass is 9.72. The first kappa shape index (κ1) is 13.6. The minimum absolute atomic E-state index is 0.0390. The second kappa shape index (κ2) is 5.04. The molecule has 0 atom stereocenters. The van der Waals surface area contributed by atoms with E-state index in [0.717, 1.165) is 23.2 Å². The summed E-state index contributed by atoms with van der Waals surface area (Å²) in [5.74, 6) is 0.246. The van der Waals surface area contributed by atoms with E-state index >= 15 is 0 Å². The minimum Gasteiger partial charge on any atom is -0.399 e. The van der Waals surface area contributed by atoms with E-state index in [0.29, 0.717) is 6.42 Å². The van der Waals surface area contributed by atoms with Crippen LogP contribution in [0.25, 0.3) is 5.57 Å². The number of anilines is 1. The zero-order chi connectivity index (χ0) is 14.0. The molecule has 0 saturated carbocycles. The van der Waals surface area contributed by atoms with Crippen molar-refractivity contribution >= 4 is 17.0 Å². The van der Waals surface area contributed by atoms with Crippen LogP contribution in [0.15, 0.2) is 42.0 Å². The molecule has 0 amide bonds. The van der Waals surface area contributed by atoms with Gasteiger partial charge in [-0.3, -0.25) is 4.79 Å². The van der Waals surface area contributed by atoms with Gasteiger partial charge in [0.15, 0.2) is 5.78 Å². The smallest absolute Gasteiger partial charge is 0.158 e. The molecule has 0 fully saturated rings. The molecule has 0 aromatic heterocycles. The third kappa shape index (κ3) is 2.78. The number of carbonyl (C=O) groups excluding carboxylic acids is 1. The number of ketones is 1. The van der Waals surface area contributed by atoms with Crippen LogP contribution in [0.5, 0.6) is 0 Å². The van der Waals surface area contributed by atoms with Crippen molar-refractivity contribution in [3.8, 4) is 0 Å². The van der Waals surface area contributed by atoms with Crippen LogP contribution in [0.3, 0.4) is 0 Å². The molecule has 1 aliphatic rings. The highest BCUT2D eigenvalue weighted by molar-refractivity contribution is 5.97. The molecule has 0 bridgehead atoms. The molecule has 0 saturated heterocycles. The molecule has 2 N–H and O–H groups in total. The van der Waals surface area contributed by atoms with Gasteiger partial charge in [0.1, 0.15) is 0 Å². The van der Waals surface area contributed by atoms with Gasteiger partial charge in [0.25, 0.3) is 0 Å². The van der Waals surface area contributed by atoms with Crippen LogP contribution in [-0.4, -0.2) is 5.78 Å². The number of carbonyl (C=O) groups is 1. The number of rotatable bonds is 3. The average molecular weight is 255 g/mol. The maximum atomic E-state index is 11.8. The van der Waals surface area contributed by atoms with Gasteiger partial charge in [-0.15, -0.1) is 0 Å². The molecule has 0 radical (unpaired) electrons. The van der Waals surface area contributed by atoms with E-state index < -0.39 is 0 Å². The summed E-state index contributed by atoms with van der Waals surface area (Å²) >= 11 is 0. The molecule has 0 unspecified atom stereocenters. The SMILES string of the molecule is CCC(=O)C1=CC=C(c2cccc(N)c2)C(C)(C)C1. The molecular weight excluding hydrogens is 234 g/mol. The van der Waals surface area contributed by atoms with Gasteiger partial charge in [-0.05, 0) is 40.7 Å². The van der Waals surface area contributed by atoms with E-state index in [1.807, 2.05) is 31.2 Å². The van der Waals surface area contributed by atoms with Crippen LogP contribution >= 0.6 is 0 Å². The first-order valence-electron chi connectivity index (χ1n) is 6.74. The number of hydrogen-bond acceptors (Lipinski definition) is 2. The standard InChI is InChI=1S/C17H21NO/c1-4-16(19)13-8-9-15(17(2,3)11-13)12-6-5-7-14(18)10-12/h5-10H,4,11,18H2,1-3H3. The molecule has 0 aliphatic heterocycles. The fourth-order valence-corrected chi connectivity index (χ4v) is 2.65. The van der Waals surface area contributed by atoms with Gasteiger partial charge >= 0.3 is 0 Å². The summed E-state index contributed by atoms with van der Waals surface area (Å²) in [6.07, 6.45) is 5.40. The summed E-state index contributed by atoms with van der Waals surface area (Å²) in [7, 11) is 0. The van der Waals surface area contributed by atoms with Crippen LogP contribution in [0.1, 0.15) is 39.2 Å². The first-order chi connectivity index (χ1) is 8.94. The van der Waals surface area contributed by atoms with E-state index in [1.54, 1.807) is 0 Å². The average Bonchev–Trinajstić information content (AvgIpc) is 2.36. The Bertz CT molecular complexity index is 564. The van der Waals surface area contributed by atoms with Crippen LogP contribution in [0, 0.1) is 5.41 Å². The van der Waals surface area contributed by atoms with Gasteiger partial charge in [0, 0.05) is 12.1 Å². The van der Waals surface area contributed by atoms with Crippen molar-refractivity contribution in [3.05, 3.63) is 47.6 Å². The topological polar surface area (TPSA) is 43.1 Å². The molecule has 1 aromatic carbocycles. The number of nitrogens with two attached hydrogens (primary N) is 1. The molecule has 2 rings (SSSR count). The summed E-state index contributed by atoms with van der Waals surface area (Å²) in [6, 6.07) is 7.93. The van der Waals surface area contributed by atoms with Crippen molar-refractivity contribution in [2.24, 2.45) is 5.41 Å². The predicted octanol–water partition coefficient (Wildman–Crippen LogP) is 3.99. The first-order valence-corrected chi connectivity index (χ1v) is 6.74. The van der Waals surface area contributed by atoms with Gasteiger partial charge in [-0.2, -0.15) is 0 Å². The Morgan fingerprint density at radius 3 is 2.63 bits per heavy atom. The van der Waals surface area contributed by atoms with E-state index in [-0.39, 0.29) is 11.2 Å². The summed E-state index contributed by atoms with van der Waals surface area (Å²) < 4.78 is 0. The van der Waals surface area contributed by atoms with Crippen molar-refractivity contribution < 1.29 is 4.79 Å². The molecule has 1 aromatic rings. The van der Waals surface area contributed by atoms with Gasteiger partial charge in [-0.25, -0.2) is 0 Å². The second-order valence-corrected chi connectivity index (χ2v) is 5.74. The summed E-state index contributed by atoms with van der Waals surface area (Å²) in [4.78, 5) is 11.8. The zero-order valence-corrected chi connectivity index (χ0v) is 11.9. The van der Waals surface area contributed by atoms with Gasteiger partial charge < -0.3 is 5.73 Å².